The molecule has 0 atom stereocenters. The number of benzene rings is 1. The van der Waals surface area contributed by atoms with Gasteiger partial charge in [0.15, 0.2) is 0 Å². The fourth-order valence-corrected chi connectivity index (χ4v) is 1.89. The Kier molecular flexibility index (Phi) is 2.21. The Labute approximate surface area is 80.7 Å². The number of fused-ring (bicyclic) bond motifs is 1. The summed E-state index contributed by atoms with van der Waals surface area (Å²) < 4.78 is 0. The number of nitrogens with zero attached hydrogens (tertiary/aromatic N) is 1. The van der Waals surface area contributed by atoms with Crippen molar-refractivity contribution in [2.24, 2.45) is 0 Å². The average Bonchev–Trinajstić information content (AvgIpc) is 2.50. The van der Waals surface area contributed by atoms with Gasteiger partial charge in [-0.3, -0.25) is 0 Å². The van der Waals surface area contributed by atoms with Crippen LogP contribution in [0.25, 0.3) is 0 Å². The zero-order valence-corrected chi connectivity index (χ0v) is 8.34. The lowest BCUT2D eigenvalue weighted by atomic mass is 10.3. The highest BCUT2D eigenvalue weighted by Crippen LogP contribution is 2.29. The Morgan fingerprint density at radius 3 is 3.08 bits per heavy atom. The standard InChI is InChI=1S/C9H11BrN2/c10-5-6-12-7-11-8-3-1-2-4-9(8)12/h1-4,11H,5-7H2. The van der Waals surface area contributed by atoms with E-state index < -0.39 is 0 Å². The third-order valence-electron chi connectivity index (χ3n) is 2.06. The highest BCUT2D eigenvalue weighted by atomic mass is 79.9. The first kappa shape index (κ1) is 7.92. The smallest absolute Gasteiger partial charge is 0.0877 e. The molecule has 0 fully saturated rings. The molecule has 1 aliphatic rings. The van der Waals surface area contributed by atoms with Crippen LogP contribution < -0.4 is 10.2 Å². The molecule has 0 saturated heterocycles. The summed E-state index contributed by atoms with van der Waals surface area (Å²) in [6.45, 7) is 2.00. The van der Waals surface area contributed by atoms with Crippen LogP contribution in [-0.2, 0) is 0 Å². The van der Waals surface area contributed by atoms with Gasteiger partial charge in [0.1, 0.15) is 0 Å². The quantitative estimate of drug-likeness (QED) is 0.779. The van der Waals surface area contributed by atoms with Gasteiger partial charge in [-0.1, -0.05) is 28.1 Å². The van der Waals surface area contributed by atoms with Gasteiger partial charge >= 0.3 is 0 Å². The van der Waals surface area contributed by atoms with Gasteiger partial charge in [-0.25, -0.2) is 0 Å². The molecular formula is C9H11BrN2. The SMILES string of the molecule is BrCCN1CNc2ccccc21. The largest absolute Gasteiger partial charge is 0.366 e. The molecule has 3 heteroatoms. The molecule has 0 bridgehead atoms. The van der Waals surface area contributed by atoms with E-state index in [0.717, 1.165) is 18.5 Å². The minimum atomic E-state index is 0.935. The maximum atomic E-state index is 3.44. The Hall–Kier alpha value is -0.700. The van der Waals surface area contributed by atoms with Crippen LogP contribution in [0.15, 0.2) is 24.3 Å². The third-order valence-corrected chi connectivity index (χ3v) is 2.41. The van der Waals surface area contributed by atoms with Gasteiger partial charge in [0.25, 0.3) is 0 Å². The summed E-state index contributed by atoms with van der Waals surface area (Å²) in [4.78, 5) is 2.32. The van der Waals surface area contributed by atoms with E-state index in [9.17, 15) is 0 Å². The lowest BCUT2D eigenvalue weighted by Gasteiger charge is -2.15. The number of nitrogens with one attached hydrogen (secondary N) is 1. The van der Waals surface area contributed by atoms with Gasteiger partial charge in [0, 0.05) is 11.9 Å². The minimum absolute atomic E-state index is 0.935. The van der Waals surface area contributed by atoms with Crippen LogP contribution in [0.3, 0.4) is 0 Å². The molecular weight excluding hydrogens is 216 g/mol. The number of anilines is 2. The molecule has 0 amide bonds. The zero-order chi connectivity index (χ0) is 8.39. The summed E-state index contributed by atoms with van der Waals surface area (Å²) in [6, 6.07) is 8.40. The first-order valence-corrected chi connectivity index (χ1v) is 5.18. The average molecular weight is 227 g/mol. The summed E-state index contributed by atoms with van der Waals surface area (Å²) in [5.41, 5.74) is 2.57. The van der Waals surface area contributed by atoms with Crippen LogP contribution in [0.2, 0.25) is 0 Å². The van der Waals surface area contributed by atoms with Crippen molar-refractivity contribution < 1.29 is 0 Å². The van der Waals surface area contributed by atoms with E-state index in [0.29, 0.717) is 0 Å². The van der Waals surface area contributed by atoms with Crippen molar-refractivity contribution in [3.8, 4) is 0 Å². The molecule has 0 aromatic heterocycles. The van der Waals surface area contributed by atoms with E-state index >= 15 is 0 Å². The number of para-hydroxylation sites is 2. The molecule has 0 aliphatic carbocycles. The Bertz CT molecular complexity index is 273. The topological polar surface area (TPSA) is 15.3 Å². The monoisotopic (exact) mass is 226 g/mol. The van der Waals surface area contributed by atoms with Crippen molar-refractivity contribution in [3.05, 3.63) is 24.3 Å². The molecule has 1 aromatic rings. The number of alkyl halides is 1. The number of rotatable bonds is 2. The Morgan fingerprint density at radius 2 is 2.25 bits per heavy atom. The molecule has 0 unspecified atom stereocenters. The molecule has 2 nitrogen and oxygen atoms in total. The molecule has 1 aromatic carbocycles. The van der Waals surface area contributed by atoms with Crippen LogP contribution in [0.4, 0.5) is 11.4 Å². The second-order valence-corrected chi connectivity index (χ2v) is 3.60. The highest BCUT2D eigenvalue weighted by Gasteiger charge is 2.15. The molecule has 0 radical (unpaired) electrons. The predicted octanol–water partition coefficient (Wildman–Crippen LogP) is 2.27. The molecule has 1 aliphatic heterocycles. The fourth-order valence-electron chi connectivity index (χ4n) is 1.47. The van der Waals surface area contributed by atoms with Gasteiger partial charge in [0.2, 0.25) is 0 Å². The summed E-state index contributed by atoms with van der Waals surface area (Å²) in [6.07, 6.45) is 0. The lowest BCUT2D eigenvalue weighted by molar-refractivity contribution is 0.922. The van der Waals surface area contributed by atoms with E-state index in [-0.39, 0.29) is 0 Å². The maximum Gasteiger partial charge on any atom is 0.0877 e. The van der Waals surface area contributed by atoms with Gasteiger partial charge < -0.3 is 10.2 Å². The van der Waals surface area contributed by atoms with E-state index in [4.69, 9.17) is 0 Å². The highest BCUT2D eigenvalue weighted by molar-refractivity contribution is 9.09. The molecule has 0 saturated carbocycles. The van der Waals surface area contributed by atoms with Crippen molar-refractivity contribution in [3.63, 3.8) is 0 Å². The first-order chi connectivity index (χ1) is 5.92. The lowest BCUT2D eigenvalue weighted by Crippen LogP contribution is -2.24. The summed E-state index contributed by atoms with van der Waals surface area (Å²) >= 11 is 3.44. The van der Waals surface area contributed by atoms with Crippen LogP contribution in [0, 0.1) is 0 Å². The normalized spacial score (nSPS) is 14.2. The van der Waals surface area contributed by atoms with E-state index in [1.165, 1.54) is 11.4 Å². The maximum absolute atomic E-state index is 3.44. The second-order valence-electron chi connectivity index (χ2n) is 2.80. The predicted molar refractivity (Wildman–Crippen MR) is 56.1 cm³/mol. The van der Waals surface area contributed by atoms with Gasteiger partial charge in [-0.05, 0) is 12.1 Å². The molecule has 2 rings (SSSR count). The van der Waals surface area contributed by atoms with Crippen molar-refractivity contribution in [1.29, 1.82) is 0 Å². The Morgan fingerprint density at radius 1 is 1.42 bits per heavy atom. The molecule has 1 N–H and O–H groups in total. The zero-order valence-electron chi connectivity index (χ0n) is 6.76. The van der Waals surface area contributed by atoms with Crippen LogP contribution in [0.1, 0.15) is 0 Å². The van der Waals surface area contributed by atoms with Crippen LogP contribution in [-0.4, -0.2) is 18.5 Å². The van der Waals surface area contributed by atoms with Gasteiger partial charge in [-0.15, -0.1) is 0 Å². The van der Waals surface area contributed by atoms with Crippen molar-refractivity contribution in [2.45, 2.75) is 0 Å². The van der Waals surface area contributed by atoms with Crippen LogP contribution in [0.5, 0.6) is 0 Å². The number of hydrogen-bond acceptors (Lipinski definition) is 2. The molecule has 0 spiro atoms. The van der Waals surface area contributed by atoms with E-state index in [1.54, 1.807) is 0 Å². The van der Waals surface area contributed by atoms with Crippen molar-refractivity contribution in [1.82, 2.24) is 0 Å². The van der Waals surface area contributed by atoms with Crippen molar-refractivity contribution in [2.75, 3.05) is 28.8 Å². The molecule has 64 valence electrons. The second kappa shape index (κ2) is 3.35. The van der Waals surface area contributed by atoms with E-state index in [2.05, 4.69) is 50.4 Å². The molecule has 12 heavy (non-hydrogen) atoms. The Balaban J connectivity index is 2.24. The van der Waals surface area contributed by atoms with Gasteiger partial charge in [0.05, 0.1) is 18.0 Å². The van der Waals surface area contributed by atoms with Gasteiger partial charge in [-0.2, -0.15) is 0 Å². The summed E-state index contributed by atoms with van der Waals surface area (Å²) in [5.74, 6) is 0. The molecule has 1 heterocycles. The minimum Gasteiger partial charge on any atom is -0.366 e. The number of hydrogen-bond donors (Lipinski definition) is 1. The van der Waals surface area contributed by atoms with E-state index in [1.807, 2.05) is 0 Å². The number of halogens is 1. The summed E-state index contributed by atoms with van der Waals surface area (Å²) in [5, 5.41) is 4.36. The first-order valence-electron chi connectivity index (χ1n) is 4.05. The summed E-state index contributed by atoms with van der Waals surface area (Å²) in [7, 11) is 0. The third kappa shape index (κ3) is 1.29. The van der Waals surface area contributed by atoms with Crippen molar-refractivity contribution >= 4 is 27.3 Å². The fraction of sp³-hybridized carbons (Fsp3) is 0.333. The van der Waals surface area contributed by atoms with Crippen LogP contribution >= 0.6 is 15.9 Å².